The molecule has 1 amide bonds. The maximum Gasteiger partial charge on any atom is 0.251 e. The highest BCUT2D eigenvalue weighted by atomic mass is 16.2. The summed E-state index contributed by atoms with van der Waals surface area (Å²) < 4.78 is 0. The van der Waals surface area contributed by atoms with E-state index in [9.17, 15) is 9.59 Å². The van der Waals surface area contributed by atoms with Crippen LogP contribution in [0.1, 0.15) is 35.8 Å². The Morgan fingerprint density at radius 3 is 2.82 bits per heavy atom. The molecule has 5 heteroatoms. The number of nitrogens with zero attached hydrogens (tertiary/aromatic N) is 1. The maximum absolute atomic E-state index is 11.8. The van der Waals surface area contributed by atoms with Crippen molar-refractivity contribution in [2.24, 2.45) is 0 Å². The van der Waals surface area contributed by atoms with Gasteiger partial charge in [-0.05, 0) is 19.4 Å². The van der Waals surface area contributed by atoms with E-state index in [0.29, 0.717) is 17.7 Å². The Bertz CT molecular complexity index is 499. The summed E-state index contributed by atoms with van der Waals surface area (Å²) in [5.41, 5.74) is 0.655. The van der Waals surface area contributed by atoms with Crippen molar-refractivity contribution >= 4 is 5.91 Å². The molecule has 0 bridgehead atoms. The Balaban J connectivity index is 2.83. The number of aryl methyl sites for hydroxylation is 1. The lowest BCUT2D eigenvalue weighted by Crippen LogP contribution is -2.34. The van der Waals surface area contributed by atoms with Crippen molar-refractivity contribution in [1.82, 2.24) is 10.3 Å². The van der Waals surface area contributed by atoms with E-state index < -0.39 is 0 Å². The first kappa shape index (κ1) is 13.0. The van der Waals surface area contributed by atoms with Crippen LogP contribution in [0.4, 0.5) is 0 Å². The van der Waals surface area contributed by atoms with Crippen LogP contribution >= 0.6 is 0 Å². The molecule has 90 valence electrons. The minimum absolute atomic E-state index is 0.174. The van der Waals surface area contributed by atoms with Crippen LogP contribution in [0.25, 0.3) is 0 Å². The van der Waals surface area contributed by atoms with Gasteiger partial charge in [-0.3, -0.25) is 9.59 Å². The molecule has 17 heavy (non-hydrogen) atoms. The molecule has 0 saturated heterocycles. The van der Waals surface area contributed by atoms with Crippen LogP contribution in [-0.4, -0.2) is 16.9 Å². The Morgan fingerprint density at radius 1 is 1.59 bits per heavy atom. The number of aromatic nitrogens is 1. The zero-order valence-electron chi connectivity index (χ0n) is 9.91. The van der Waals surface area contributed by atoms with Crippen molar-refractivity contribution in [2.75, 3.05) is 0 Å². The molecule has 1 atom stereocenters. The van der Waals surface area contributed by atoms with E-state index in [4.69, 9.17) is 5.26 Å². The SMILES string of the molecule is CC[C@H](CC#N)NC(=O)c1cc(C)[nH]c(=O)c1. The first-order valence-corrected chi connectivity index (χ1v) is 5.45. The number of pyridine rings is 1. The number of hydrogen-bond donors (Lipinski definition) is 2. The van der Waals surface area contributed by atoms with E-state index in [2.05, 4.69) is 10.3 Å². The molecule has 1 aromatic rings. The fraction of sp³-hybridized carbons (Fsp3) is 0.417. The van der Waals surface area contributed by atoms with Gasteiger partial charge in [0.2, 0.25) is 5.56 Å². The molecule has 0 aliphatic heterocycles. The lowest BCUT2D eigenvalue weighted by Gasteiger charge is -2.13. The summed E-state index contributed by atoms with van der Waals surface area (Å²) in [6.45, 7) is 3.61. The number of carbonyl (C=O) groups excluding carboxylic acids is 1. The Hall–Kier alpha value is -2.09. The molecular weight excluding hydrogens is 218 g/mol. The largest absolute Gasteiger partial charge is 0.348 e. The zero-order chi connectivity index (χ0) is 12.8. The second kappa shape index (κ2) is 5.85. The van der Waals surface area contributed by atoms with Crippen LogP contribution in [0, 0.1) is 18.3 Å². The molecule has 0 aliphatic carbocycles. The van der Waals surface area contributed by atoms with Crippen LogP contribution in [0.3, 0.4) is 0 Å². The van der Waals surface area contributed by atoms with Gasteiger partial charge in [-0.2, -0.15) is 5.26 Å². The fourth-order valence-electron chi connectivity index (χ4n) is 1.49. The number of nitriles is 1. The van der Waals surface area contributed by atoms with Gasteiger partial charge in [0.25, 0.3) is 5.91 Å². The standard InChI is InChI=1S/C12H15N3O2/c1-3-10(4-5-13)15-12(17)9-6-8(2)14-11(16)7-9/h6-7,10H,3-4H2,1-2H3,(H,14,16)(H,15,17)/t10-/m1/s1. The van der Waals surface area contributed by atoms with Crippen LogP contribution in [-0.2, 0) is 0 Å². The molecular formula is C12H15N3O2. The molecule has 1 heterocycles. The van der Waals surface area contributed by atoms with Gasteiger partial charge < -0.3 is 10.3 Å². The molecule has 0 radical (unpaired) electrons. The van der Waals surface area contributed by atoms with Gasteiger partial charge in [0.05, 0.1) is 12.5 Å². The normalized spacial score (nSPS) is 11.6. The van der Waals surface area contributed by atoms with E-state index in [0.717, 1.165) is 0 Å². The first-order chi connectivity index (χ1) is 8.06. The molecule has 0 aliphatic rings. The summed E-state index contributed by atoms with van der Waals surface area (Å²) in [5, 5.41) is 11.3. The summed E-state index contributed by atoms with van der Waals surface area (Å²) >= 11 is 0. The Labute approximate surface area is 99.5 Å². The highest BCUT2D eigenvalue weighted by Gasteiger charge is 2.12. The van der Waals surface area contributed by atoms with Gasteiger partial charge >= 0.3 is 0 Å². The minimum atomic E-state index is -0.318. The van der Waals surface area contributed by atoms with Crippen molar-refractivity contribution in [3.63, 3.8) is 0 Å². The summed E-state index contributed by atoms with van der Waals surface area (Å²) in [6.07, 6.45) is 0.950. The van der Waals surface area contributed by atoms with Crippen LogP contribution in [0.5, 0.6) is 0 Å². The van der Waals surface area contributed by atoms with Crippen molar-refractivity contribution in [3.05, 3.63) is 33.7 Å². The van der Waals surface area contributed by atoms with Gasteiger partial charge in [0.1, 0.15) is 0 Å². The number of amides is 1. The van der Waals surface area contributed by atoms with E-state index in [1.165, 1.54) is 6.07 Å². The molecule has 1 rings (SSSR count). The lowest BCUT2D eigenvalue weighted by atomic mass is 10.1. The van der Waals surface area contributed by atoms with Crippen molar-refractivity contribution in [2.45, 2.75) is 32.7 Å². The molecule has 0 fully saturated rings. The first-order valence-electron chi connectivity index (χ1n) is 5.45. The van der Waals surface area contributed by atoms with Gasteiger partial charge in [-0.15, -0.1) is 0 Å². The average molecular weight is 233 g/mol. The van der Waals surface area contributed by atoms with Crippen molar-refractivity contribution in [3.8, 4) is 6.07 Å². The third-order valence-corrected chi connectivity index (χ3v) is 2.41. The molecule has 0 unspecified atom stereocenters. The number of H-pyrrole nitrogens is 1. The lowest BCUT2D eigenvalue weighted by molar-refractivity contribution is 0.0936. The van der Waals surface area contributed by atoms with Crippen LogP contribution in [0.15, 0.2) is 16.9 Å². The minimum Gasteiger partial charge on any atom is -0.348 e. The number of hydrogen-bond acceptors (Lipinski definition) is 3. The topological polar surface area (TPSA) is 85.8 Å². The summed E-state index contributed by atoms with van der Waals surface area (Å²) in [5.74, 6) is -0.318. The highest BCUT2D eigenvalue weighted by molar-refractivity contribution is 5.94. The Kier molecular flexibility index (Phi) is 4.46. The average Bonchev–Trinajstić information content (AvgIpc) is 2.27. The van der Waals surface area contributed by atoms with E-state index in [-0.39, 0.29) is 23.9 Å². The number of carbonyl (C=O) groups is 1. The molecule has 0 spiro atoms. The molecule has 5 nitrogen and oxygen atoms in total. The molecule has 1 aromatic heterocycles. The van der Waals surface area contributed by atoms with Crippen LogP contribution in [0.2, 0.25) is 0 Å². The van der Waals surface area contributed by atoms with Gasteiger partial charge in [0, 0.05) is 23.4 Å². The predicted molar refractivity (Wildman–Crippen MR) is 63.6 cm³/mol. The van der Waals surface area contributed by atoms with Gasteiger partial charge in [0.15, 0.2) is 0 Å². The Morgan fingerprint density at radius 2 is 2.29 bits per heavy atom. The van der Waals surface area contributed by atoms with E-state index >= 15 is 0 Å². The van der Waals surface area contributed by atoms with Gasteiger partial charge in [-0.1, -0.05) is 6.92 Å². The smallest absolute Gasteiger partial charge is 0.251 e. The zero-order valence-corrected chi connectivity index (χ0v) is 9.91. The van der Waals surface area contributed by atoms with E-state index in [1.54, 1.807) is 13.0 Å². The van der Waals surface area contributed by atoms with Crippen molar-refractivity contribution in [1.29, 1.82) is 5.26 Å². The quantitative estimate of drug-likeness (QED) is 0.816. The third-order valence-electron chi connectivity index (χ3n) is 2.41. The number of rotatable bonds is 4. The van der Waals surface area contributed by atoms with Gasteiger partial charge in [-0.25, -0.2) is 0 Å². The predicted octanol–water partition coefficient (Wildman–Crippen LogP) is 1.11. The molecule has 0 aromatic carbocycles. The molecule has 0 saturated carbocycles. The second-order valence-corrected chi connectivity index (χ2v) is 3.86. The maximum atomic E-state index is 11.8. The fourth-order valence-corrected chi connectivity index (χ4v) is 1.49. The second-order valence-electron chi connectivity index (χ2n) is 3.86. The molecule has 2 N–H and O–H groups in total. The highest BCUT2D eigenvalue weighted by Crippen LogP contribution is 2.01. The monoisotopic (exact) mass is 233 g/mol. The summed E-state index contributed by atoms with van der Waals surface area (Å²) in [6, 6.07) is 4.70. The number of nitrogens with one attached hydrogen (secondary N) is 2. The summed E-state index contributed by atoms with van der Waals surface area (Å²) in [7, 11) is 0. The number of aromatic amines is 1. The van der Waals surface area contributed by atoms with Crippen molar-refractivity contribution < 1.29 is 4.79 Å². The summed E-state index contributed by atoms with van der Waals surface area (Å²) in [4.78, 5) is 25.6. The third kappa shape index (κ3) is 3.76. The van der Waals surface area contributed by atoms with Crippen LogP contribution < -0.4 is 10.9 Å². The van der Waals surface area contributed by atoms with E-state index in [1.807, 2.05) is 13.0 Å².